The molecule has 5 aromatic rings. The fourth-order valence-electron chi connectivity index (χ4n) is 5.00. The van der Waals surface area contributed by atoms with E-state index < -0.39 is 5.97 Å². The summed E-state index contributed by atoms with van der Waals surface area (Å²) in [6.07, 6.45) is 2.05. The van der Waals surface area contributed by atoms with E-state index in [9.17, 15) is 9.90 Å². The minimum atomic E-state index is -1.02. The SMILES string of the molecule is CSc1ccc(COc2ccc3c(c2)c(-c2ccc(C)cc2)c(C(=O)O)n3Cc2cc3c(cc2Cl)OOC3)cc1. The van der Waals surface area contributed by atoms with E-state index in [1.54, 1.807) is 17.8 Å². The Labute approximate surface area is 241 Å². The van der Waals surface area contributed by atoms with Crippen molar-refractivity contribution in [2.24, 2.45) is 0 Å². The van der Waals surface area contributed by atoms with Gasteiger partial charge in [-0.1, -0.05) is 53.6 Å². The number of aromatic carboxylic acids is 1. The number of carbonyl (C=O) groups is 1. The van der Waals surface area contributed by atoms with Crippen molar-refractivity contribution in [3.05, 3.63) is 112 Å². The highest BCUT2D eigenvalue weighted by Gasteiger charge is 2.26. The lowest BCUT2D eigenvalue weighted by molar-refractivity contribution is -0.194. The maximum absolute atomic E-state index is 12.8. The summed E-state index contributed by atoms with van der Waals surface area (Å²) in [5, 5.41) is 11.8. The quantitative estimate of drug-likeness (QED) is 0.150. The Balaban J connectivity index is 1.46. The lowest BCUT2D eigenvalue weighted by atomic mass is 10.0. The molecule has 1 N–H and O–H groups in total. The predicted molar refractivity (Wildman–Crippen MR) is 158 cm³/mol. The van der Waals surface area contributed by atoms with Gasteiger partial charge in [-0.15, -0.1) is 11.8 Å². The minimum Gasteiger partial charge on any atom is -0.489 e. The van der Waals surface area contributed by atoms with Crippen LogP contribution in [-0.2, 0) is 24.6 Å². The molecule has 0 saturated carbocycles. The number of rotatable bonds is 8. The Morgan fingerprint density at radius 2 is 1.82 bits per heavy atom. The van der Waals surface area contributed by atoms with E-state index >= 15 is 0 Å². The second kappa shape index (κ2) is 10.9. The first-order chi connectivity index (χ1) is 19.4. The molecule has 0 aliphatic carbocycles. The van der Waals surface area contributed by atoms with Gasteiger partial charge in [0.25, 0.3) is 0 Å². The summed E-state index contributed by atoms with van der Waals surface area (Å²) >= 11 is 8.30. The second-order valence-corrected chi connectivity index (χ2v) is 11.0. The third-order valence-corrected chi connectivity index (χ3v) is 8.16. The zero-order valence-corrected chi connectivity index (χ0v) is 23.5. The van der Waals surface area contributed by atoms with E-state index in [1.165, 1.54) is 4.90 Å². The number of fused-ring (bicyclic) bond motifs is 2. The first-order valence-electron chi connectivity index (χ1n) is 12.7. The van der Waals surface area contributed by atoms with Gasteiger partial charge < -0.3 is 19.3 Å². The summed E-state index contributed by atoms with van der Waals surface area (Å²) in [5.41, 5.74) is 6.21. The fourth-order valence-corrected chi connectivity index (χ4v) is 5.62. The molecule has 0 saturated heterocycles. The highest BCUT2D eigenvalue weighted by molar-refractivity contribution is 7.98. The van der Waals surface area contributed by atoms with E-state index in [1.807, 2.05) is 66.3 Å². The molecule has 1 aromatic heterocycles. The van der Waals surface area contributed by atoms with Crippen LogP contribution in [0, 0.1) is 6.92 Å². The van der Waals surface area contributed by atoms with Crippen LogP contribution >= 0.6 is 23.4 Å². The molecule has 6 rings (SSSR count). The predicted octanol–water partition coefficient (Wildman–Crippen LogP) is 8.14. The molecule has 1 aliphatic heterocycles. The average molecular weight is 572 g/mol. The largest absolute Gasteiger partial charge is 0.489 e. The first-order valence-corrected chi connectivity index (χ1v) is 14.3. The number of thioether (sulfide) groups is 1. The Kier molecular flexibility index (Phi) is 7.19. The number of aryl methyl sites for hydroxylation is 1. The van der Waals surface area contributed by atoms with Gasteiger partial charge in [0.1, 0.15) is 24.7 Å². The van der Waals surface area contributed by atoms with Gasteiger partial charge in [0.15, 0.2) is 5.75 Å². The molecule has 0 atom stereocenters. The number of nitrogens with zero attached hydrogens (tertiary/aromatic N) is 1. The third kappa shape index (κ3) is 5.04. The molecule has 0 spiro atoms. The molecule has 1 aliphatic rings. The Bertz CT molecular complexity index is 1730. The molecule has 202 valence electrons. The molecule has 40 heavy (non-hydrogen) atoms. The maximum atomic E-state index is 12.8. The van der Waals surface area contributed by atoms with Crippen LogP contribution in [-0.4, -0.2) is 21.9 Å². The lowest BCUT2D eigenvalue weighted by Crippen LogP contribution is -2.11. The molecule has 8 heteroatoms. The molecule has 4 aromatic carbocycles. The summed E-state index contributed by atoms with van der Waals surface area (Å²) in [6.45, 7) is 2.98. The smallest absolute Gasteiger partial charge is 0.353 e. The standard InChI is InChI=1S/C32H26ClNO5S/c1-19-3-7-21(8-4-19)30-26-14-24(37-17-20-5-10-25(40-2)11-6-20)9-12-28(26)34(31(30)32(35)36)16-22-13-23-18-38-39-29(23)15-27(22)33/h3-15H,16-18H2,1-2H3,(H,35,36). The summed E-state index contributed by atoms with van der Waals surface area (Å²) < 4.78 is 7.98. The summed E-state index contributed by atoms with van der Waals surface area (Å²) in [7, 11) is 0. The summed E-state index contributed by atoms with van der Waals surface area (Å²) in [5.74, 6) is 0.218. The van der Waals surface area contributed by atoms with Gasteiger partial charge in [0.2, 0.25) is 0 Å². The van der Waals surface area contributed by atoms with Crippen molar-refractivity contribution in [3.63, 3.8) is 0 Å². The van der Waals surface area contributed by atoms with Crippen LogP contribution in [0.3, 0.4) is 0 Å². The molecule has 0 radical (unpaired) electrons. The molecule has 6 nitrogen and oxygen atoms in total. The Hall–Kier alpha value is -3.91. The molecule has 0 bridgehead atoms. The first kappa shape index (κ1) is 26.3. The van der Waals surface area contributed by atoms with Gasteiger partial charge in [0.05, 0.1) is 0 Å². The number of ether oxygens (including phenoxy) is 1. The van der Waals surface area contributed by atoms with Crippen molar-refractivity contribution in [1.82, 2.24) is 4.57 Å². The number of aromatic nitrogens is 1. The number of carboxylic acid groups (broad SMARTS) is 1. The molecule has 0 unspecified atom stereocenters. The monoisotopic (exact) mass is 571 g/mol. The minimum absolute atomic E-state index is 0.188. The summed E-state index contributed by atoms with van der Waals surface area (Å²) in [4.78, 5) is 24.3. The molecule has 0 fully saturated rings. The van der Waals surface area contributed by atoms with Gasteiger partial charge in [-0.2, -0.15) is 4.89 Å². The van der Waals surface area contributed by atoms with Gasteiger partial charge in [0, 0.05) is 44.6 Å². The van der Waals surface area contributed by atoms with Crippen LogP contribution in [0.1, 0.15) is 32.7 Å². The maximum Gasteiger partial charge on any atom is 0.353 e. The molecule has 0 amide bonds. The van der Waals surface area contributed by atoms with E-state index in [0.29, 0.717) is 35.3 Å². The number of halogens is 1. The normalized spacial score (nSPS) is 12.4. The average Bonchev–Trinajstić information content (AvgIpc) is 3.54. The fraction of sp³-hybridized carbons (Fsp3) is 0.156. The zero-order valence-electron chi connectivity index (χ0n) is 21.9. The Morgan fingerprint density at radius 1 is 1.05 bits per heavy atom. The van der Waals surface area contributed by atoms with Gasteiger partial charge in [-0.05, 0) is 66.3 Å². The third-order valence-electron chi connectivity index (χ3n) is 7.06. The van der Waals surface area contributed by atoms with Crippen LogP contribution < -0.4 is 9.62 Å². The van der Waals surface area contributed by atoms with Crippen molar-refractivity contribution >= 4 is 40.2 Å². The zero-order chi connectivity index (χ0) is 27.8. The highest BCUT2D eigenvalue weighted by Crippen LogP contribution is 2.39. The van der Waals surface area contributed by atoms with E-state index in [0.717, 1.165) is 38.7 Å². The van der Waals surface area contributed by atoms with Crippen molar-refractivity contribution in [2.75, 3.05) is 6.26 Å². The van der Waals surface area contributed by atoms with Crippen LogP contribution in [0.15, 0.2) is 83.8 Å². The van der Waals surface area contributed by atoms with Gasteiger partial charge >= 0.3 is 5.97 Å². The van der Waals surface area contributed by atoms with E-state index in [4.69, 9.17) is 26.1 Å². The molecule has 2 heterocycles. The van der Waals surface area contributed by atoms with Crippen LogP contribution in [0.25, 0.3) is 22.0 Å². The van der Waals surface area contributed by atoms with Crippen molar-refractivity contribution in [3.8, 4) is 22.6 Å². The summed E-state index contributed by atoms with van der Waals surface area (Å²) in [6, 6.07) is 25.5. The van der Waals surface area contributed by atoms with Crippen LogP contribution in [0.2, 0.25) is 5.02 Å². The molecular formula is C32H26ClNO5S. The van der Waals surface area contributed by atoms with Crippen LogP contribution in [0.5, 0.6) is 11.5 Å². The number of carboxylic acids is 1. The number of hydrogen-bond donors (Lipinski definition) is 1. The van der Waals surface area contributed by atoms with Gasteiger partial charge in [-0.25, -0.2) is 4.79 Å². The molecular weight excluding hydrogens is 546 g/mol. The second-order valence-electron chi connectivity index (χ2n) is 9.69. The highest BCUT2D eigenvalue weighted by atomic mass is 35.5. The topological polar surface area (TPSA) is 69.9 Å². The number of hydrogen-bond acceptors (Lipinski definition) is 5. The van der Waals surface area contributed by atoms with Gasteiger partial charge in [-0.3, -0.25) is 0 Å². The van der Waals surface area contributed by atoms with Crippen LogP contribution in [0.4, 0.5) is 0 Å². The van der Waals surface area contributed by atoms with Crippen molar-refractivity contribution < 1.29 is 24.4 Å². The number of benzene rings is 4. The van der Waals surface area contributed by atoms with E-state index in [-0.39, 0.29) is 12.2 Å². The van der Waals surface area contributed by atoms with E-state index in [2.05, 4.69) is 24.3 Å². The lowest BCUT2D eigenvalue weighted by Gasteiger charge is -2.12. The van der Waals surface area contributed by atoms with Crippen molar-refractivity contribution in [2.45, 2.75) is 31.6 Å². The Morgan fingerprint density at radius 3 is 2.55 bits per heavy atom. The van der Waals surface area contributed by atoms with Crippen molar-refractivity contribution in [1.29, 1.82) is 0 Å².